The Morgan fingerprint density at radius 2 is 2.43 bits per heavy atom. The highest BCUT2D eigenvalue weighted by atomic mass is 15.3. The van der Waals surface area contributed by atoms with Crippen LogP contribution in [0, 0.1) is 5.92 Å². The molecule has 3 heteroatoms. The number of rotatable bonds is 3. The number of hydrogen-bond acceptors (Lipinski definition) is 2. The van der Waals surface area contributed by atoms with Gasteiger partial charge in [-0.15, -0.1) is 0 Å². The molecule has 0 aliphatic heterocycles. The SMILES string of the molecule is CCC1CCC(Nc2cnn(C)c2)C1. The summed E-state index contributed by atoms with van der Waals surface area (Å²) in [6.45, 7) is 2.29. The van der Waals surface area contributed by atoms with E-state index in [1.165, 1.54) is 25.7 Å². The van der Waals surface area contributed by atoms with Crippen LogP contribution in [0.15, 0.2) is 12.4 Å². The highest BCUT2D eigenvalue weighted by Gasteiger charge is 2.23. The maximum Gasteiger partial charge on any atom is 0.0728 e. The van der Waals surface area contributed by atoms with E-state index >= 15 is 0 Å². The van der Waals surface area contributed by atoms with Crippen molar-refractivity contribution in [3.05, 3.63) is 12.4 Å². The van der Waals surface area contributed by atoms with E-state index in [0.29, 0.717) is 6.04 Å². The Kier molecular flexibility index (Phi) is 2.75. The van der Waals surface area contributed by atoms with Crippen LogP contribution in [-0.2, 0) is 7.05 Å². The fraction of sp³-hybridized carbons (Fsp3) is 0.727. The van der Waals surface area contributed by atoms with Gasteiger partial charge in [0.15, 0.2) is 0 Å². The lowest BCUT2D eigenvalue weighted by Gasteiger charge is -2.11. The second-order valence-corrected chi connectivity index (χ2v) is 4.33. The summed E-state index contributed by atoms with van der Waals surface area (Å²) in [5.74, 6) is 0.934. The zero-order valence-electron chi connectivity index (χ0n) is 9.03. The van der Waals surface area contributed by atoms with E-state index in [-0.39, 0.29) is 0 Å². The molecule has 2 atom stereocenters. The maximum atomic E-state index is 4.15. The van der Waals surface area contributed by atoms with Crippen molar-refractivity contribution in [3.8, 4) is 0 Å². The van der Waals surface area contributed by atoms with Crippen LogP contribution in [0.1, 0.15) is 32.6 Å². The summed E-state index contributed by atoms with van der Waals surface area (Å²) in [5.41, 5.74) is 1.16. The molecular weight excluding hydrogens is 174 g/mol. The van der Waals surface area contributed by atoms with Gasteiger partial charge in [0.05, 0.1) is 11.9 Å². The lowest BCUT2D eigenvalue weighted by atomic mass is 10.1. The van der Waals surface area contributed by atoms with Gasteiger partial charge in [-0.2, -0.15) is 5.10 Å². The number of nitrogens with zero attached hydrogens (tertiary/aromatic N) is 2. The summed E-state index contributed by atoms with van der Waals surface area (Å²) in [4.78, 5) is 0. The normalized spacial score (nSPS) is 26.7. The van der Waals surface area contributed by atoms with Crippen molar-refractivity contribution < 1.29 is 0 Å². The lowest BCUT2D eigenvalue weighted by molar-refractivity contribution is 0.525. The minimum absolute atomic E-state index is 0.671. The molecular formula is C11H19N3. The van der Waals surface area contributed by atoms with Crippen molar-refractivity contribution >= 4 is 5.69 Å². The number of aromatic nitrogens is 2. The predicted molar refractivity (Wildman–Crippen MR) is 58.3 cm³/mol. The van der Waals surface area contributed by atoms with E-state index in [9.17, 15) is 0 Å². The van der Waals surface area contributed by atoms with Crippen molar-refractivity contribution in [2.24, 2.45) is 13.0 Å². The van der Waals surface area contributed by atoms with Crippen molar-refractivity contribution in [3.63, 3.8) is 0 Å². The van der Waals surface area contributed by atoms with E-state index in [0.717, 1.165) is 11.6 Å². The predicted octanol–water partition coefficient (Wildman–Crippen LogP) is 2.41. The molecule has 2 unspecified atom stereocenters. The molecule has 1 N–H and O–H groups in total. The van der Waals surface area contributed by atoms with Crippen LogP contribution in [0.4, 0.5) is 5.69 Å². The van der Waals surface area contributed by atoms with Crippen LogP contribution in [0.3, 0.4) is 0 Å². The van der Waals surface area contributed by atoms with Crippen LogP contribution >= 0.6 is 0 Å². The zero-order chi connectivity index (χ0) is 9.97. The third-order valence-corrected chi connectivity index (χ3v) is 3.19. The number of aryl methyl sites for hydroxylation is 1. The molecule has 0 radical (unpaired) electrons. The topological polar surface area (TPSA) is 29.9 Å². The zero-order valence-corrected chi connectivity index (χ0v) is 9.03. The van der Waals surface area contributed by atoms with Crippen LogP contribution in [0.2, 0.25) is 0 Å². The average molecular weight is 193 g/mol. The molecule has 78 valence electrons. The molecule has 2 rings (SSSR count). The monoisotopic (exact) mass is 193 g/mol. The van der Waals surface area contributed by atoms with E-state index in [4.69, 9.17) is 0 Å². The Labute approximate surface area is 85.5 Å². The fourth-order valence-corrected chi connectivity index (χ4v) is 2.31. The van der Waals surface area contributed by atoms with E-state index in [1.807, 2.05) is 24.1 Å². The molecule has 14 heavy (non-hydrogen) atoms. The number of nitrogens with one attached hydrogen (secondary N) is 1. The van der Waals surface area contributed by atoms with E-state index in [2.05, 4.69) is 17.3 Å². The summed E-state index contributed by atoms with van der Waals surface area (Å²) >= 11 is 0. The molecule has 0 bridgehead atoms. The fourth-order valence-electron chi connectivity index (χ4n) is 2.31. The van der Waals surface area contributed by atoms with Crippen LogP contribution in [0.25, 0.3) is 0 Å². The molecule has 1 heterocycles. The number of anilines is 1. The average Bonchev–Trinajstić information content (AvgIpc) is 2.76. The Morgan fingerprint density at radius 1 is 1.57 bits per heavy atom. The molecule has 1 saturated carbocycles. The van der Waals surface area contributed by atoms with Gasteiger partial charge >= 0.3 is 0 Å². The third kappa shape index (κ3) is 2.08. The quantitative estimate of drug-likeness (QED) is 0.799. The van der Waals surface area contributed by atoms with Crippen molar-refractivity contribution in [2.45, 2.75) is 38.6 Å². The standard InChI is InChI=1S/C11H19N3/c1-3-9-4-5-10(6-9)13-11-7-12-14(2)8-11/h7-10,13H,3-6H2,1-2H3. The summed E-state index contributed by atoms with van der Waals surface area (Å²) in [6, 6.07) is 0.671. The maximum absolute atomic E-state index is 4.15. The molecule has 0 saturated heterocycles. The van der Waals surface area contributed by atoms with Gasteiger partial charge in [0, 0.05) is 19.3 Å². The van der Waals surface area contributed by atoms with Gasteiger partial charge in [-0.1, -0.05) is 13.3 Å². The Balaban J connectivity index is 1.87. The molecule has 3 nitrogen and oxygen atoms in total. The Bertz CT molecular complexity index is 292. The summed E-state index contributed by atoms with van der Waals surface area (Å²) in [6.07, 6.45) is 9.29. The van der Waals surface area contributed by atoms with Gasteiger partial charge in [-0.05, 0) is 25.2 Å². The molecule has 0 spiro atoms. The van der Waals surface area contributed by atoms with Crippen LogP contribution < -0.4 is 5.32 Å². The minimum Gasteiger partial charge on any atom is -0.380 e. The van der Waals surface area contributed by atoms with E-state index in [1.54, 1.807) is 0 Å². The molecule has 1 aromatic rings. The van der Waals surface area contributed by atoms with Crippen molar-refractivity contribution in [2.75, 3.05) is 5.32 Å². The van der Waals surface area contributed by atoms with Crippen LogP contribution in [0.5, 0.6) is 0 Å². The summed E-state index contributed by atoms with van der Waals surface area (Å²) in [5, 5.41) is 7.69. The van der Waals surface area contributed by atoms with Gasteiger partial charge in [-0.3, -0.25) is 4.68 Å². The van der Waals surface area contributed by atoms with Gasteiger partial charge in [0.25, 0.3) is 0 Å². The Morgan fingerprint density at radius 3 is 3.00 bits per heavy atom. The van der Waals surface area contributed by atoms with Gasteiger partial charge < -0.3 is 5.32 Å². The van der Waals surface area contributed by atoms with Gasteiger partial charge in [0.2, 0.25) is 0 Å². The van der Waals surface area contributed by atoms with E-state index < -0.39 is 0 Å². The molecule has 1 fully saturated rings. The molecule has 1 aromatic heterocycles. The second kappa shape index (κ2) is 4.03. The number of hydrogen-bond donors (Lipinski definition) is 1. The lowest BCUT2D eigenvalue weighted by Crippen LogP contribution is -2.14. The first-order valence-electron chi connectivity index (χ1n) is 5.53. The largest absolute Gasteiger partial charge is 0.380 e. The smallest absolute Gasteiger partial charge is 0.0728 e. The second-order valence-electron chi connectivity index (χ2n) is 4.33. The summed E-state index contributed by atoms with van der Waals surface area (Å²) in [7, 11) is 1.95. The molecule has 1 aliphatic carbocycles. The van der Waals surface area contributed by atoms with Crippen molar-refractivity contribution in [1.82, 2.24) is 9.78 Å². The van der Waals surface area contributed by atoms with Gasteiger partial charge in [0.1, 0.15) is 0 Å². The molecule has 1 aliphatic rings. The molecule has 0 amide bonds. The Hall–Kier alpha value is -0.990. The van der Waals surface area contributed by atoms with Crippen molar-refractivity contribution in [1.29, 1.82) is 0 Å². The third-order valence-electron chi connectivity index (χ3n) is 3.19. The highest BCUT2D eigenvalue weighted by Crippen LogP contribution is 2.29. The molecule has 0 aromatic carbocycles. The first-order valence-corrected chi connectivity index (χ1v) is 5.53. The van der Waals surface area contributed by atoms with Gasteiger partial charge in [-0.25, -0.2) is 0 Å². The van der Waals surface area contributed by atoms with Crippen LogP contribution in [-0.4, -0.2) is 15.8 Å². The first-order chi connectivity index (χ1) is 6.78. The first kappa shape index (κ1) is 9.56. The highest BCUT2D eigenvalue weighted by molar-refractivity contribution is 5.39. The minimum atomic E-state index is 0.671. The summed E-state index contributed by atoms with van der Waals surface area (Å²) < 4.78 is 1.84.